The van der Waals surface area contributed by atoms with Crippen LogP contribution in [0.3, 0.4) is 0 Å². The maximum absolute atomic E-state index is 13.0. The molecular weight excluding hydrogens is 341 g/mol. The molecule has 0 aliphatic heterocycles. The van der Waals surface area contributed by atoms with Crippen molar-refractivity contribution in [3.63, 3.8) is 0 Å². The smallest absolute Gasteiger partial charge is 0.335 e. The fourth-order valence-electron chi connectivity index (χ4n) is 1.84. The number of carboxylic acids is 1. The lowest BCUT2D eigenvalue weighted by atomic mass is 10.0. The van der Waals surface area contributed by atoms with E-state index in [0.29, 0.717) is 15.7 Å². The number of carboxylic acid groups (broad SMARTS) is 1. The summed E-state index contributed by atoms with van der Waals surface area (Å²) in [5.74, 6) is -1.88. The summed E-state index contributed by atoms with van der Waals surface area (Å²) in [5.41, 5.74) is 0.931. The molecule has 6 heteroatoms. The third-order valence-electron chi connectivity index (χ3n) is 2.80. The molecule has 2 aromatic rings. The maximum Gasteiger partial charge on any atom is 0.335 e. The first kappa shape index (κ1) is 15.2. The van der Waals surface area contributed by atoms with Crippen molar-refractivity contribution < 1.29 is 19.1 Å². The third kappa shape index (κ3) is 3.88. The zero-order valence-corrected chi connectivity index (χ0v) is 12.4. The normalized spacial score (nSPS) is 10.2. The number of amides is 1. The molecule has 108 valence electrons. The summed E-state index contributed by atoms with van der Waals surface area (Å²) in [6.07, 6.45) is -0.0771. The van der Waals surface area contributed by atoms with Gasteiger partial charge in [0, 0.05) is 4.47 Å². The molecule has 4 nitrogen and oxygen atoms in total. The summed E-state index contributed by atoms with van der Waals surface area (Å²) in [4.78, 5) is 23.0. The van der Waals surface area contributed by atoms with Crippen LogP contribution in [0, 0.1) is 5.82 Å². The van der Waals surface area contributed by atoms with Crippen molar-refractivity contribution in [2.75, 3.05) is 5.32 Å². The highest BCUT2D eigenvalue weighted by molar-refractivity contribution is 9.10. The van der Waals surface area contributed by atoms with Crippen LogP contribution >= 0.6 is 15.9 Å². The first-order chi connectivity index (χ1) is 9.97. The molecule has 0 saturated carbocycles. The summed E-state index contributed by atoms with van der Waals surface area (Å²) in [6, 6.07) is 10.2. The Bertz CT molecular complexity index is 703. The quantitative estimate of drug-likeness (QED) is 0.886. The predicted molar refractivity (Wildman–Crippen MR) is 79.8 cm³/mol. The largest absolute Gasteiger partial charge is 0.478 e. The Labute approximate surface area is 128 Å². The molecule has 0 aliphatic rings. The van der Waals surface area contributed by atoms with Crippen molar-refractivity contribution in [3.05, 3.63) is 63.9 Å². The fraction of sp³-hybridized carbons (Fsp3) is 0.0667. The molecule has 0 saturated heterocycles. The maximum atomic E-state index is 13.0. The van der Waals surface area contributed by atoms with Crippen LogP contribution in [-0.4, -0.2) is 17.0 Å². The lowest BCUT2D eigenvalue weighted by Gasteiger charge is -2.09. The van der Waals surface area contributed by atoms with E-state index in [1.54, 1.807) is 18.2 Å². The molecule has 0 atom stereocenters. The number of aromatic carboxylic acids is 1. The molecule has 2 N–H and O–H groups in total. The Balaban J connectivity index is 2.14. The van der Waals surface area contributed by atoms with E-state index in [0.717, 1.165) is 0 Å². The Kier molecular flexibility index (Phi) is 4.70. The van der Waals surface area contributed by atoms with E-state index in [9.17, 15) is 14.0 Å². The summed E-state index contributed by atoms with van der Waals surface area (Å²) in [6.45, 7) is 0. The second-order valence-electron chi connectivity index (χ2n) is 4.31. The van der Waals surface area contributed by atoms with Gasteiger partial charge in [-0.1, -0.05) is 18.2 Å². The topological polar surface area (TPSA) is 66.4 Å². The van der Waals surface area contributed by atoms with Crippen LogP contribution in [0.15, 0.2) is 46.9 Å². The minimum atomic E-state index is -1.08. The molecule has 0 heterocycles. The number of hydrogen-bond donors (Lipinski definition) is 2. The van der Waals surface area contributed by atoms with E-state index < -0.39 is 11.8 Å². The highest BCUT2D eigenvalue weighted by Gasteiger charge is 2.13. The molecule has 0 unspecified atom stereocenters. The Morgan fingerprint density at radius 2 is 1.90 bits per heavy atom. The summed E-state index contributed by atoms with van der Waals surface area (Å²) in [7, 11) is 0. The Morgan fingerprint density at radius 3 is 2.57 bits per heavy atom. The van der Waals surface area contributed by atoms with Crippen LogP contribution in [0.25, 0.3) is 0 Å². The number of halogens is 2. The number of nitrogens with one attached hydrogen (secondary N) is 1. The lowest BCUT2D eigenvalue weighted by Crippen LogP contribution is -2.16. The van der Waals surface area contributed by atoms with Gasteiger partial charge in [-0.05, 0) is 45.8 Å². The van der Waals surface area contributed by atoms with Gasteiger partial charge in [0.15, 0.2) is 0 Å². The number of hydrogen-bond acceptors (Lipinski definition) is 2. The van der Waals surface area contributed by atoms with Crippen LogP contribution in [0.2, 0.25) is 0 Å². The number of benzene rings is 2. The van der Waals surface area contributed by atoms with Crippen LogP contribution < -0.4 is 5.32 Å². The van der Waals surface area contributed by atoms with Gasteiger partial charge < -0.3 is 10.4 Å². The van der Waals surface area contributed by atoms with Gasteiger partial charge >= 0.3 is 5.97 Å². The van der Waals surface area contributed by atoms with Crippen molar-refractivity contribution in [2.45, 2.75) is 6.42 Å². The second-order valence-corrected chi connectivity index (χ2v) is 5.17. The van der Waals surface area contributed by atoms with Crippen LogP contribution in [0.1, 0.15) is 15.9 Å². The zero-order chi connectivity index (χ0) is 15.4. The highest BCUT2D eigenvalue weighted by atomic mass is 79.9. The monoisotopic (exact) mass is 351 g/mol. The van der Waals surface area contributed by atoms with Crippen molar-refractivity contribution >= 4 is 33.5 Å². The highest BCUT2D eigenvalue weighted by Crippen LogP contribution is 2.23. The van der Waals surface area contributed by atoms with Crippen molar-refractivity contribution in [3.8, 4) is 0 Å². The van der Waals surface area contributed by atoms with E-state index in [4.69, 9.17) is 5.11 Å². The van der Waals surface area contributed by atoms with E-state index in [1.807, 2.05) is 0 Å². The van der Waals surface area contributed by atoms with E-state index in [2.05, 4.69) is 21.2 Å². The minimum absolute atomic E-state index is 0.0771. The van der Waals surface area contributed by atoms with Gasteiger partial charge in [-0.25, -0.2) is 9.18 Å². The van der Waals surface area contributed by atoms with Crippen molar-refractivity contribution in [2.24, 2.45) is 0 Å². The van der Waals surface area contributed by atoms with Gasteiger partial charge in [-0.15, -0.1) is 0 Å². The van der Waals surface area contributed by atoms with Crippen molar-refractivity contribution in [1.29, 1.82) is 0 Å². The van der Waals surface area contributed by atoms with E-state index in [-0.39, 0.29) is 17.9 Å². The molecule has 0 bridgehead atoms. The Morgan fingerprint density at radius 1 is 1.19 bits per heavy atom. The summed E-state index contributed by atoms with van der Waals surface area (Å²) >= 11 is 3.15. The molecule has 1 amide bonds. The number of carbonyl (C=O) groups is 2. The Hall–Kier alpha value is -2.21. The molecule has 0 fully saturated rings. The standard InChI is InChI=1S/C15H11BrFNO3/c16-12-8-10(17)5-6-13(12)18-14(19)7-9-3-1-2-4-11(9)15(20)21/h1-6,8H,7H2,(H,18,19)(H,20,21). The number of rotatable bonds is 4. The lowest BCUT2D eigenvalue weighted by molar-refractivity contribution is -0.115. The molecule has 21 heavy (non-hydrogen) atoms. The zero-order valence-electron chi connectivity index (χ0n) is 10.8. The molecule has 2 rings (SSSR count). The molecule has 0 aromatic heterocycles. The first-order valence-corrected chi connectivity index (χ1v) is 6.83. The predicted octanol–water partition coefficient (Wildman–Crippen LogP) is 3.47. The van der Waals surface area contributed by atoms with Crippen LogP contribution in [0.5, 0.6) is 0 Å². The van der Waals surface area contributed by atoms with Gasteiger partial charge in [0.1, 0.15) is 5.82 Å². The SMILES string of the molecule is O=C(Cc1ccccc1C(=O)O)Nc1ccc(F)cc1Br. The second kappa shape index (κ2) is 6.49. The molecule has 0 radical (unpaired) electrons. The molecule has 0 aliphatic carbocycles. The average molecular weight is 352 g/mol. The number of carbonyl (C=O) groups excluding carboxylic acids is 1. The fourth-order valence-corrected chi connectivity index (χ4v) is 2.29. The molecular formula is C15H11BrFNO3. The van der Waals surface area contributed by atoms with Gasteiger partial charge in [-0.3, -0.25) is 4.79 Å². The van der Waals surface area contributed by atoms with Gasteiger partial charge in [0.2, 0.25) is 5.91 Å². The average Bonchev–Trinajstić information content (AvgIpc) is 2.42. The summed E-state index contributed by atoms with van der Waals surface area (Å²) < 4.78 is 13.4. The molecule has 2 aromatic carbocycles. The van der Waals surface area contributed by atoms with Crippen LogP contribution in [0.4, 0.5) is 10.1 Å². The van der Waals surface area contributed by atoms with Gasteiger partial charge in [0.05, 0.1) is 17.7 Å². The van der Waals surface area contributed by atoms with E-state index in [1.165, 1.54) is 24.3 Å². The van der Waals surface area contributed by atoms with E-state index >= 15 is 0 Å². The summed E-state index contributed by atoms with van der Waals surface area (Å²) in [5, 5.41) is 11.7. The van der Waals surface area contributed by atoms with Gasteiger partial charge in [-0.2, -0.15) is 0 Å². The van der Waals surface area contributed by atoms with Gasteiger partial charge in [0.25, 0.3) is 0 Å². The third-order valence-corrected chi connectivity index (χ3v) is 3.46. The number of anilines is 1. The first-order valence-electron chi connectivity index (χ1n) is 6.03. The van der Waals surface area contributed by atoms with Crippen LogP contribution in [-0.2, 0) is 11.2 Å². The molecule has 0 spiro atoms. The van der Waals surface area contributed by atoms with Crippen molar-refractivity contribution in [1.82, 2.24) is 0 Å². The minimum Gasteiger partial charge on any atom is -0.478 e.